The minimum atomic E-state index is -3.24. The van der Waals surface area contributed by atoms with E-state index in [1.807, 2.05) is 18.2 Å². The van der Waals surface area contributed by atoms with Crippen LogP contribution in [0.1, 0.15) is 25.7 Å². The van der Waals surface area contributed by atoms with Crippen LogP contribution >= 0.6 is 0 Å². The number of hydrogen-bond donors (Lipinski definition) is 0. The molecule has 1 aliphatic heterocycles. The Morgan fingerprint density at radius 1 is 1.08 bits per heavy atom. The molecule has 1 heterocycles. The SMILES string of the molecule is O=S(=O)(CCN(C1=CCCCC1)c1ccccc1)N1CCOCC1. The van der Waals surface area contributed by atoms with Crippen molar-refractivity contribution in [3.63, 3.8) is 0 Å². The van der Waals surface area contributed by atoms with Gasteiger partial charge in [-0.25, -0.2) is 8.42 Å². The van der Waals surface area contributed by atoms with Crippen LogP contribution in [0.3, 0.4) is 0 Å². The van der Waals surface area contributed by atoms with E-state index in [4.69, 9.17) is 4.74 Å². The van der Waals surface area contributed by atoms with E-state index in [0.717, 1.165) is 18.5 Å². The average molecular weight is 350 g/mol. The van der Waals surface area contributed by atoms with Gasteiger partial charge in [0, 0.05) is 31.0 Å². The number of morpholine rings is 1. The first-order chi connectivity index (χ1) is 11.7. The molecule has 1 aromatic rings. The quantitative estimate of drug-likeness (QED) is 0.791. The smallest absolute Gasteiger partial charge is 0.216 e. The van der Waals surface area contributed by atoms with Crippen molar-refractivity contribution < 1.29 is 13.2 Å². The molecule has 0 unspecified atom stereocenters. The Morgan fingerprint density at radius 3 is 2.50 bits per heavy atom. The van der Waals surface area contributed by atoms with Crippen LogP contribution in [0.2, 0.25) is 0 Å². The van der Waals surface area contributed by atoms with Crippen LogP contribution in [-0.4, -0.2) is 51.3 Å². The summed E-state index contributed by atoms with van der Waals surface area (Å²) in [6, 6.07) is 10.1. The first-order valence-corrected chi connectivity index (χ1v) is 10.3. The van der Waals surface area contributed by atoms with Crippen LogP contribution in [0, 0.1) is 0 Å². The van der Waals surface area contributed by atoms with Gasteiger partial charge in [0.25, 0.3) is 0 Å². The maximum absolute atomic E-state index is 12.6. The lowest BCUT2D eigenvalue weighted by Gasteiger charge is -2.31. The van der Waals surface area contributed by atoms with E-state index in [9.17, 15) is 8.42 Å². The summed E-state index contributed by atoms with van der Waals surface area (Å²) in [4.78, 5) is 2.18. The minimum Gasteiger partial charge on any atom is -0.379 e. The maximum Gasteiger partial charge on any atom is 0.216 e. The van der Waals surface area contributed by atoms with Gasteiger partial charge in [-0.15, -0.1) is 0 Å². The molecular formula is C18H26N2O3S. The molecule has 0 bridgehead atoms. The fourth-order valence-electron chi connectivity index (χ4n) is 3.27. The fraction of sp³-hybridized carbons (Fsp3) is 0.556. The number of rotatable bonds is 6. The summed E-state index contributed by atoms with van der Waals surface area (Å²) in [5, 5.41) is 0. The molecule has 0 aromatic heterocycles. The number of sulfonamides is 1. The number of nitrogens with zero attached hydrogens (tertiary/aromatic N) is 2. The second-order valence-electron chi connectivity index (χ2n) is 6.26. The van der Waals surface area contributed by atoms with Gasteiger partial charge in [-0.3, -0.25) is 0 Å². The lowest BCUT2D eigenvalue weighted by atomic mass is 10.0. The zero-order valence-electron chi connectivity index (χ0n) is 14.1. The first-order valence-electron chi connectivity index (χ1n) is 8.74. The fourth-order valence-corrected chi connectivity index (χ4v) is 4.65. The number of anilines is 1. The van der Waals surface area contributed by atoms with E-state index in [2.05, 4.69) is 23.1 Å². The number of allylic oxidation sites excluding steroid dienone is 2. The van der Waals surface area contributed by atoms with Gasteiger partial charge < -0.3 is 9.64 Å². The average Bonchev–Trinajstić information content (AvgIpc) is 2.64. The molecular weight excluding hydrogens is 324 g/mol. The summed E-state index contributed by atoms with van der Waals surface area (Å²) in [6.45, 7) is 2.42. The van der Waals surface area contributed by atoms with Crippen LogP contribution in [0.15, 0.2) is 42.1 Å². The summed E-state index contributed by atoms with van der Waals surface area (Å²) >= 11 is 0. The molecule has 1 saturated heterocycles. The molecule has 1 fully saturated rings. The molecule has 0 spiro atoms. The van der Waals surface area contributed by atoms with Crippen molar-refractivity contribution >= 4 is 15.7 Å². The molecule has 0 atom stereocenters. The lowest BCUT2D eigenvalue weighted by molar-refractivity contribution is 0.0731. The third-order valence-corrected chi connectivity index (χ3v) is 6.47. The predicted molar refractivity (Wildman–Crippen MR) is 96.5 cm³/mol. The Kier molecular flexibility index (Phi) is 5.92. The number of hydrogen-bond acceptors (Lipinski definition) is 4. The summed E-state index contributed by atoms with van der Waals surface area (Å²) in [5.74, 6) is 0.138. The third-order valence-electron chi connectivity index (χ3n) is 4.62. The maximum atomic E-state index is 12.6. The van der Waals surface area contributed by atoms with Crippen molar-refractivity contribution in [3.8, 4) is 0 Å². The van der Waals surface area contributed by atoms with Gasteiger partial charge in [0.1, 0.15) is 0 Å². The molecule has 2 aliphatic rings. The Bertz CT molecular complexity index is 652. The van der Waals surface area contributed by atoms with Crippen LogP contribution in [0.5, 0.6) is 0 Å². The molecule has 0 radical (unpaired) electrons. The Morgan fingerprint density at radius 2 is 1.83 bits per heavy atom. The molecule has 1 aliphatic carbocycles. The van der Waals surface area contributed by atoms with E-state index in [1.54, 1.807) is 4.31 Å². The zero-order valence-corrected chi connectivity index (χ0v) is 14.9. The molecule has 5 nitrogen and oxygen atoms in total. The minimum absolute atomic E-state index is 0.138. The van der Waals surface area contributed by atoms with Gasteiger partial charge in [0.2, 0.25) is 10.0 Å². The summed E-state index contributed by atoms with van der Waals surface area (Å²) in [7, 11) is -3.24. The van der Waals surface area contributed by atoms with Gasteiger partial charge in [-0.2, -0.15) is 4.31 Å². The van der Waals surface area contributed by atoms with Crippen molar-refractivity contribution in [1.82, 2.24) is 4.31 Å². The Hall–Kier alpha value is -1.37. The van der Waals surface area contributed by atoms with E-state index in [1.165, 1.54) is 18.5 Å². The summed E-state index contributed by atoms with van der Waals surface area (Å²) < 4.78 is 32.1. The van der Waals surface area contributed by atoms with Crippen molar-refractivity contribution in [1.29, 1.82) is 0 Å². The van der Waals surface area contributed by atoms with Crippen LogP contribution in [0.4, 0.5) is 5.69 Å². The van der Waals surface area contributed by atoms with Crippen LogP contribution < -0.4 is 4.90 Å². The van der Waals surface area contributed by atoms with Crippen molar-refractivity contribution in [2.24, 2.45) is 0 Å². The molecule has 1 aromatic carbocycles. The zero-order chi connectivity index (χ0) is 16.8. The van der Waals surface area contributed by atoms with Crippen LogP contribution in [0.25, 0.3) is 0 Å². The Labute approximate surface area is 145 Å². The van der Waals surface area contributed by atoms with Gasteiger partial charge in [-0.1, -0.05) is 24.3 Å². The van der Waals surface area contributed by atoms with Crippen molar-refractivity contribution in [2.75, 3.05) is 43.5 Å². The molecule has 6 heteroatoms. The normalized spacial score (nSPS) is 19.8. The van der Waals surface area contributed by atoms with Gasteiger partial charge in [-0.05, 0) is 37.8 Å². The number of benzene rings is 1. The largest absolute Gasteiger partial charge is 0.379 e. The lowest BCUT2D eigenvalue weighted by Crippen LogP contribution is -2.43. The monoisotopic (exact) mass is 350 g/mol. The highest BCUT2D eigenvalue weighted by molar-refractivity contribution is 7.89. The topological polar surface area (TPSA) is 49.9 Å². The standard InChI is InChI=1S/C18H26N2O3S/c21-24(22,19-11-14-23-15-12-19)16-13-20(17-7-3-1-4-8-17)18-9-5-2-6-10-18/h1,3-4,7-9H,2,5-6,10-16H2. The van der Waals surface area contributed by atoms with Crippen molar-refractivity contribution in [2.45, 2.75) is 25.7 Å². The molecule has 132 valence electrons. The summed E-state index contributed by atoms with van der Waals surface area (Å²) in [5.41, 5.74) is 2.33. The van der Waals surface area contributed by atoms with Gasteiger partial charge in [0.05, 0.1) is 19.0 Å². The molecule has 24 heavy (non-hydrogen) atoms. The second-order valence-corrected chi connectivity index (χ2v) is 8.34. The van der Waals surface area contributed by atoms with Crippen molar-refractivity contribution in [3.05, 3.63) is 42.1 Å². The molecule has 0 N–H and O–H groups in total. The number of para-hydroxylation sites is 1. The Balaban J connectivity index is 1.73. The molecule has 3 rings (SSSR count). The van der Waals surface area contributed by atoms with E-state index >= 15 is 0 Å². The second kappa shape index (κ2) is 8.14. The first kappa shape index (κ1) is 17.5. The van der Waals surface area contributed by atoms with E-state index in [-0.39, 0.29) is 5.75 Å². The highest BCUT2D eigenvalue weighted by atomic mass is 32.2. The van der Waals surface area contributed by atoms with Gasteiger partial charge >= 0.3 is 0 Å². The highest BCUT2D eigenvalue weighted by Crippen LogP contribution is 2.26. The van der Waals surface area contributed by atoms with E-state index in [0.29, 0.717) is 32.8 Å². The van der Waals surface area contributed by atoms with Crippen LogP contribution in [-0.2, 0) is 14.8 Å². The predicted octanol–water partition coefficient (Wildman–Crippen LogP) is 2.61. The number of ether oxygens (including phenoxy) is 1. The highest BCUT2D eigenvalue weighted by Gasteiger charge is 2.25. The van der Waals surface area contributed by atoms with Gasteiger partial charge in [0.15, 0.2) is 0 Å². The molecule has 0 amide bonds. The third kappa shape index (κ3) is 4.37. The molecule has 0 saturated carbocycles. The van der Waals surface area contributed by atoms with E-state index < -0.39 is 10.0 Å². The summed E-state index contributed by atoms with van der Waals surface area (Å²) in [6.07, 6.45) is 6.75.